The predicted molar refractivity (Wildman–Crippen MR) is 98.2 cm³/mol. The van der Waals surface area contributed by atoms with E-state index in [1.165, 1.54) is 23.0 Å². The summed E-state index contributed by atoms with van der Waals surface area (Å²) in [6.07, 6.45) is 1.45. The zero-order chi connectivity index (χ0) is 18.4. The molecule has 0 radical (unpaired) electrons. The van der Waals surface area contributed by atoms with Gasteiger partial charge in [0.25, 0.3) is 5.56 Å². The molecule has 0 aliphatic carbocycles. The molecule has 4 aromatic rings. The lowest BCUT2D eigenvalue weighted by molar-refractivity contribution is 0.470. The molecule has 5 nitrogen and oxygen atoms in total. The van der Waals surface area contributed by atoms with Gasteiger partial charge < -0.3 is 10.1 Å². The van der Waals surface area contributed by atoms with Gasteiger partial charge in [-0.05, 0) is 61.4 Å². The van der Waals surface area contributed by atoms with Gasteiger partial charge in [0, 0.05) is 11.3 Å². The van der Waals surface area contributed by atoms with Crippen molar-refractivity contribution in [3.8, 4) is 22.7 Å². The zero-order valence-electron chi connectivity index (χ0n) is 14.2. The quantitative estimate of drug-likeness (QED) is 0.577. The van der Waals surface area contributed by atoms with Crippen LogP contribution >= 0.6 is 0 Å². The van der Waals surface area contributed by atoms with Crippen molar-refractivity contribution in [2.75, 3.05) is 0 Å². The van der Waals surface area contributed by atoms with Crippen molar-refractivity contribution in [3.05, 3.63) is 76.1 Å². The van der Waals surface area contributed by atoms with Crippen molar-refractivity contribution in [1.29, 1.82) is 0 Å². The number of phenols is 1. The second-order valence-corrected chi connectivity index (χ2v) is 6.25. The molecule has 0 aliphatic rings. The lowest BCUT2D eigenvalue weighted by Crippen LogP contribution is -2.20. The maximum Gasteiger partial charge on any atom is 0.267 e. The molecule has 0 aliphatic heterocycles. The van der Waals surface area contributed by atoms with Crippen molar-refractivity contribution in [2.45, 2.75) is 13.8 Å². The van der Waals surface area contributed by atoms with Crippen molar-refractivity contribution < 1.29 is 9.50 Å². The first kappa shape index (κ1) is 16.1. The Hall–Kier alpha value is -3.41. The molecule has 2 aromatic heterocycles. The van der Waals surface area contributed by atoms with E-state index in [0.29, 0.717) is 28.0 Å². The van der Waals surface area contributed by atoms with Crippen LogP contribution in [0.1, 0.15) is 11.1 Å². The highest BCUT2D eigenvalue weighted by Gasteiger charge is 2.15. The molecule has 26 heavy (non-hydrogen) atoms. The number of H-pyrrole nitrogens is 1. The van der Waals surface area contributed by atoms with Crippen LogP contribution in [-0.4, -0.2) is 19.6 Å². The highest BCUT2D eigenvalue weighted by molar-refractivity contribution is 5.82. The van der Waals surface area contributed by atoms with Crippen molar-refractivity contribution in [3.63, 3.8) is 0 Å². The zero-order valence-corrected chi connectivity index (χ0v) is 14.2. The number of aryl methyl sites for hydroxylation is 1. The maximum atomic E-state index is 13.1. The SMILES string of the molecule is Cc1ccc(O)c(C)c1-n1cnc2[nH]c(-c3ccc(F)cc3)cc2c1=O. The third-order valence-corrected chi connectivity index (χ3v) is 4.55. The molecule has 4 rings (SSSR count). The summed E-state index contributed by atoms with van der Waals surface area (Å²) in [7, 11) is 0. The number of halogens is 1. The van der Waals surface area contributed by atoms with E-state index >= 15 is 0 Å². The van der Waals surface area contributed by atoms with Gasteiger partial charge in [0.1, 0.15) is 23.5 Å². The van der Waals surface area contributed by atoms with Crippen LogP contribution in [-0.2, 0) is 0 Å². The highest BCUT2D eigenvalue weighted by Crippen LogP contribution is 2.27. The van der Waals surface area contributed by atoms with E-state index in [1.807, 2.05) is 6.92 Å². The molecule has 0 spiro atoms. The minimum atomic E-state index is -0.319. The number of hydrogen-bond acceptors (Lipinski definition) is 3. The van der Waals surface area contributed by atoms with Crippen molar-refractivity contribution >= 4 is 11.0 Å². The van der Waals surface area contributed by atoms with Gasteiger partial charge in [-0.3, -0.25) is 9.36 Å². The summed E-state index contributed by atoms with van der Waals surface area (Å²) in [5.74, 6) is -0.196. The molecule has 0 atom stereocenters. The summed E-state index contributed by atoms with van der Waals surface area (Å²) in [4.78, 5) is 20.4. The van der Waals surface area contributed by atoms with Crippen molar-refractivity contribution in [1.82, 2.24) is 14.5 Å². The van der Waals surface area contributed by atoms with Gasteiger partial charge in [0.05, 0.1) is 11.1 Å². The first-order chi connectivity index (χ1) is 12.5. The fourth-order valence-electron chi connectivity index (χ4n) is 3.15. The first-order valence-corrected chi connectivity index (χ1v) is 8.11. The van der Waals surface area contributed by atoms with Crippen LogP contribution in [0.3, 0.4) is 0 Å². The highest BCUT2D eigenvalue weighted by atomic mass is 19.1. The topological polar surface area (TPSA) is 70.9 Å². The van der Waals surface area contributed by atoms with Crippen molar-refractivity contribution in [2.24, 2.45) is 0 Å². The van der Waals surface area contributed by atoms with Gasteiger partial charge in [-0.2, -0.15) is 0 Å². The molecule has 0 saturated carbocycles. The Morgan fingerprint density at radius 2 is 1.85 bits per heavy atom. The normalized spacial score (nSPS) is 11.2. The van der Waals surface area contributed by atoms with Crippen LogP contribution in [0.2, 0.25) is 0 Å². The number of phenolic OH excluding ortho intramolecular Hbond substituents is 1. The summed E-state index contributed by atoms with van der Waals surface area (Å²) in [6, 6.07) is 11.1. The standard InChI is InChI=1S/C20H16FN3O2/c1-11-3-8-17(25)12(2)18(11)24-10-22-19-15(20(24)26)9-16(23-19)13-4-6-14(21)7-5-13/h3-10,23,25H,1-2H3. The molecule has 130 valence electrons. The van der Waals surface area contributed by atoms with Crippen LogP contribution in [0.25, 0.3) is 28.0 Å². The Balaban J connectivity index is 1.93. The Bertz CT molecular complexity index is 1190. The smallest absolute Gasteiger partial charge is 0.267 e. The van der Waals surface area contributed by atoms with E-state index in [4.69, 9.17) is 0 Å². The number of benzene rings is 2. The lowest BCUT2D eigenvalue weighted by Gasteiger charge is -2.13. The average molecular weight is 349 g/mol. The Labute approximate surface area is 148 Å². The van der Waals surface area contributed by atoms with Crippen LogP contribution in [0.4, 0.5) is 4.39 Å². The Kier molecular flexibility index (Phi) is 3.61. The number of aromatic amines is 1. The fourth-order valence-corrected chi connectivity index (χ4v) is 3.15. The molecule has 2 aromatic carbocycles. The molecular weight excluding hydrogens is 333 g/mol. The van der Waals surface area contributed by atoms with E-state index in [2.05, 4.69) is 9.97 Å². The molecular formula is C20H16FN3O2. The first-order valence-electron chi connectivity index (χ1n) is 8.11. The van der Waals surface area contributed by atoms with Gasteiger partial charge in [0.15, 0.2) is 0 Å². The average Bonchev–Trinajstić information content (AvgIpc) is 3.06. The van der Waals surface area contributed by atoms with Gasteiger partial charge >= 0.3 is 0 Å². The molecule has 6 heteroatoms. The third kappa shape index (κ3) is 2.47. The number of fused-ring (bicyclic) bond motifs is 1. The van der Waals surface area contributed by atoms with Crippen LogP contribution in [0, 0.1) is 19.7 Å². The molecule has 0 saturated heterocycles. The Morgan fingerprint density at radius 3 is 2.58 bits per heavy atom. The fraction of sp³-hybridized carbons (Fsp3) is 0.100. The number of hydrogen-bond donors (Lipinski definition) is 2. The molecule has 0 bridgehead atoms. The van der Waals surface area contributed by atoms with Gasteiger partial charge in [-0.15, -0.1) is 0 Å². The monoisotopic (exact) mass is 349 g/mol. The number of aromatic hydroxyl groups is 1. The number of nitrogens with one attached hydrogen (secondary N) is 1. The summed E-state index contributed by atoms with van der Waals surface area (Å²) in [5.41, 5.74) is 3.76. The Morgan fingerprint density at radius 1 is 1.12 bits per heavy atom. The molecule has 0 amide bonds. The largest absolute Gasteiger partial charge is 0.508 e. The summed E-state index contributed by atoms with van der Waals surface area (Å²) in [5, 5.41) is 10.4. The van der Waals surface area contributed by atoms with Crippen LogP contribution in [0.15, 0.2) is 53.6 Å². The summed E-state index contributed by atoms with van der Waals surface area (Å²) in [6.45, 7) is 3.63. The molecule has 2 N–H and O–H groups in total. The summed E-state index contributed by atoms with van der Waals surface area (Å²) < 4.78 is 14.6. The van der Waals surface area contributed by atoms with E-state index in [-0.39, 0.29) is 17.1 Å². The number of rotatable bonds is 2. The van der Waals surface area contributed by atoms with Crippen LogP contribution < -0.4 is 5.56 Å². The molecule has 0 fully saturated rings. The third-order valence-electron chi connectivity index (χ3n) is 4.55. The number of nitrogens with zero attached hydrogens (tertiary/aromatic N) is 2. The van der Waals surface area contributed by atoms with E-state index in [0.717, 1.165) is 11.1 Å². The van der Waals surface area contributed by atoms with Crippen LogP contribution in [0.5, 0.6) is 5.75 Å². The molecule has 0 unspecified atom stereocenters. The van der Waals surface area contributed by atoms with Gasteiger partial charge in [-0.1, -0.05) is 6.07 Å². The predicted octanol–water partition coefficient (Wildman–Crippen LogP) is 3.84. The minimum absolute atomic E-state index is 0.124. The van der Waals surface area contributed by atoms with E-state index in [9.17, 15) is 14.3 Å². The molecule has 2 heterocycles. The maximum absolute atomic E-state index is 13.1. The van der Waals surface area contributed by atoms with Gasteiger partial charge in [0.2, 0.25) is 0 Å². The van der Waals surface area contributed by atoms with E-state index in [1.54, 1.807) is 37.3 Å². The van der Waals surface area contributed by atoms with Gasteiger partial charge in [-0.25, -0.2) is 9.37 Å². The second kappa shape index (κ2) is 5.84. The lowest BCUT2D eigenvalue weighted by atomic mass is 10.1. The summed E-state index contributed by atoms with van der Waals surface area (Å²) >= 11 is 0. The minimum Gasteiger partial charge on any atom is -0.508 e. The second-order valence-electron chi connectivity index (χ2n) is 6.25. The van der Waals surface area contributed by atoms with E-state index < -0.39 is 0 Å². The number of aromatic nitrogens is 3.